The lowest BCUT2D eigenvalue weighted by Crippen LogP contribution is -2.12. The van der Waals surface area contributed by atoms with Crippen LogP contribution >= 0.6 is 23.2 Å². The van der Waals surface area contributed by atoms with Crippen molar-refractivity contribution in [3.8, 4) is 5.75 Å². The summed E-state index contributed by atoms with van der Waals surface area (Å²) in [5, 5.41) is 7.22. The predicted molar refractivity (Wildman–Crippen MR) is 115 cm³/mol. The molecule has 0 saturated heterocycles. The molecular formula is C22H15Cl2F2N3O3. The van der Waals surface area contributed by atoms with Crippen molar-refractivity contribution in [2.24, 2.45) is 0 Å². The minimum atomic E-state index is -0.523. The first-order valence-electron chi connectivity index (χ1n) is 9.33. The third kappa shape index (κ3) is 5.09. The molecule has 0 unspecified atom stereocenters. The highest BCUT2D eigenvalue weighted by Crippen LogP contribution is 2.26. The first-order chi connectivity index (χ1) is 15.4. The zero-order valence-corrected chi connectivity index (χ0v) is 17.8. The van der Waals surface area contributed by atoms with Crippen LogP contribution in [0.1, 0.15) is 21.9 Å². The average Bonchev–Trinajstić information content (AvgIpc) is 3.40. The van der Waals surface area contributed by atoms with E-state index in [2.05, 4.69) is 10.4 Å². The van der Waals surface area contributed by atoms with E-state index in [9.17, 15) is 13.6 Å². The number of halogens is 4. The van der Waals surface area contributed by atoms with Crippen molar-refractivity contribution >= 4 is 34.9 Å². The maximum atomic E-state index is 13.9. The van der Waals surface area contributed by atoms with Crippen LogP contribution in [0.5, 0.6) is 5.75 Å². The minimum absolute atomic E-state index is 0.00331. The van der Waals surface area contributed by atoms with Crippen molar-refractivity contribution in [1.29, 1.82) is 0 Å². The van der Waals surface area contributed by atoms with Crippen LogP contribution in [0.3, 0.4) is 0 Å². The molecule has 2 aromatic heterocycles. The number of amides is 1. The van der Waals surface area contributed by atoms with Gasteiger partial charge in [-0.05, 0) is 42.5 Å². The number of benzene rings is 2. The Morgan fingerprint density at radius 1 is 1.09 bits per heavy atom. The molecule has 0 aliphatic rings. The van der Waals surface area contributed by atoms with Crippen LogP contribution in [0.25, 0.3) is 0 Å². The SMILES string of the molecule is O=C(Nc1ccn(Cc2c(F)cccc2Cl)n1)c1ccc(COc2ccc(F)cc2Cl)o1. The predicted octanol–water partition coefficient (Wildman–Crippen LogP) is 5.94. The molecule has 6 nitrogen and oxygen atoms in total. The Kier molecular flexibility index (Phi) is 6.43. The maximum Gasteiger partial charge on any atom is 0.292 e. The Bertz CT molecular complexity index is 1250. The van der Waals surface area contributed by atoms with Crippen molar-refractivity contribution in [3.63, 3.8) is 0 Å². The maximum absolute atomic E-state index is 13.9. The summed E-state index contributed by atoms with van der Waals surface area (Å²) in [6, 6.07) is 12.8. The Morgan fingerprint density at radius 3 is 2.72 bits per heavy atom. The summed E-state index contributed by atoms with van der Waals surface area (Å²) < 4.78 is 39.5. The molecule has 1 N–H and O–H groups in total. The van der Waals surface area contributed by atoms with Crippen molar-refractivity contribution in [1.82, 2.24) is 9.78 Å². The van der Waals surface area contributed by atoms with E-state index in [0.29, 0.717) is 16.3 Å². The summed E-state index contributed by atoms with van der Waals surface area (Å²) in [5.41, 5.74) is 0.298. The van der Waals surface area contributed by atoms with Crippen molar-refractivity contribution < 1.29 is 22.7 Å². The highest BCUT2D eigenvalue weighted by molar-refractivity contribution is 6.32. The monoisotopic (exact) mass is 477 g/mol. The van der Waals surface area contributed by atoms with E-state index in [-0.39, 0.29) is 35.5 Å². The van der Waals surface area contributed by atoms with Crippen LogP contribution < -0.4 is 10.1 Å². The molecule has 10 heteroatoms. The summed E-state index contributed by atoms with van der Waals surface area (Å²) in [7, 11) is 0. The Hall–Kier alpha value is -3.36. The van der Waals surface area contributed by atoms with E-state index >= 15 is 0 Å². The molecule has 0 atom stereocenters. The Morgan fingerprint density at radius 2 is 1.94 bits per heavy atom. The lowest BCUT2D eigenvalue weighted by molar-refractivity contribution is 0.0992. The second kappa shape index (κ2) is 9.42. The van der Waals surface area contributed by atoms with Gasteiger partial charge in [-0.25, -0.2) is 8.78 Å². The van der Waals surface area contributed by atoms with Gasteiger partial charge in [0.25, 0.3) is 5.91 Å². The summed E-state index contributed by atoms with van der Waals surface area (Å²) in [6.45, 7) is 0.103. The van der Waals surface area contributed by atoms with Gasteiger partial charge in [0.15, 0.2) is 11.6 Å². The fourth-order valence-electron chi connectivity index (χ4n) is 2.86. The average molecular weight is 478 g/mol. The van der Waals surface area contributed by atoms with Gasteiger partial charge in [0, 0.05) is 22.8 Å². The van der Waals surface area contributed by atoms with E-state index in [1.54, 1.807) is 24.4 Å². The number of anilines is 1. The number of carbonyl (C=O) groups excluding carboxylic acids is 1. The molecule has 0 bridgehead atoms. The fraction of sp³-hybridized carbons (Fsp3) is 0.0909. The van der Waals surface area contributed by atoms with Crippen LogP contribution in [0, 0.1) is 11.6 Å². The van der Waals surface area contributed by atoms with Crippen molar-refractivity contribution in [3.05, 3.63) is 99.6 Å². The second-order valence-electron chi connectivity index (χ2n) is 6.68. The summed E-state index contributed by atoms with van der Waals surface area (Å²) >= 11 is 12.0. The Labute approximate surface area is 191 Å². The van der Waals surface area contributed by atoms with Gasteiger partial charge in [0.2, 0.25) is 0 Å². The quantitative estimate of drug-likeness (QED) is 0.357. The standard InChI is InChI=1S/C22H15Cl2F2N3O3/c23-16-2-1-3-18(26)15(16)11-29-9-8-21(28-29)27-22(30)20-7-5-14(32-20)12-31-19-6-4-13(25)10-17(19)24/h1-10H,11-12H2,(H,27,28,30). The van der Waals surface area contributed by atoms with Crippen LogP contribution in [0.4, 0.5) is 14.6 Å². The summed E-state index contributed by atoms with van der Waals surface area (Å²) in [6.07, 6.45) is 1.59. The van der Waals surface area contributed by atoms with Gasteiger partial charge >= 0.3 is 0 Å². The molecule has 2 aromatic carbocycles. The molecule has 0 aliphatic heterocycles. The fourth-order valence-corrected chi connectivity index (χ4v) is 3.30. The molecule has 0 radical (unpaired) electrons. The third-order valence-electron chi connectivity index (χ3n) is 4.41. The number of rotatable bonds is 7. The number of ether oxygens (including phenoxy) is 1. The van der Waals surface area contributed by atoms with E-state index in [1.165, 1.54) is 35.0 Å². The third-order valence-corrected chi connectivity index (χ3v) is 5.06. The largest absolute Gasteiger partial charge is 0.484 e. The van der Waals surface area contributed by atoms with Gasteiger partial charge in [-0.3, -0.25) is 9.48 Å². The molecule has 1 amide bonds. The van der Waals surface area contributed by atoms with E-state index < -0.39 is 17.5 Å². The van der Waals surface area contributed by atoms with Gasteiger partial charge in [-0.15, -0.1) is 0 Å². The smallest absolute Gasteiger partial charge is 0.292 e. The lowest BCUT2D eigenvalue weighted by atomic mass is 10.2. The highest BCUT2D eigenvalue weighted by Gasteiger charge is 2.15. The van der Waals surface area contributed by atoms with Crippen LogP contribution in [0.2, 0.25) is 10.0 Å². The zero-order valence-electron chi connectivity index (χ0n) is 16.3. The summed E-state index contributed by atoms with van der Waals surface area (Å²) in [5.74, 6) is -0.476. The molecular weight excluding hydrogens is 463 g/mol. The molecule has 0 aliphatic carbocycles. The molecule has 2 heterocycles. The molecule has 164 valence electrons. The van der Waals surface area contributed by atoms with Crippen molar-refractivity contribution in [2.75, 3.05) is 5.32 Å². The molecule has 0 saturated carbocycles. The number of carbonyl (C=O) groups is 1. The van der Waals surface area contributed by atoms with Gasteiger partial charge in [0.05, 0.1) is 11.6 Å². The lowest BCUT2D eigenvalue weighted by Gasteiger charge is -2.06. The summed E-state index contributed by atoms with van der Waals surface area (Å²) in [4.78, 5) is 12.4. The zero-order chi connectivity index (χ0) is 22.7. The number of hydrogen-bond acceptors (Lipinski definition) is 4. The van der Waals surface area contributed by atoms with Crippen LogP contribution in [-0.4, -0.2) is 15.7 Å². The Balaban J connectivity index is 1.36. The van der Waals surface area contributed by atoms with Crippen molar-refractivity contribution in [2.45, 2.75) is 13.2 Å². The molecule has 4 rings (SSSR count). The van der Waals surface area contributed by atoms with E-state index in [4.69, 9.17) is 32.4 Å². The number of nitrogens with zero attached hydrogens (tertiary/aromatic N) is 2. The number of furan rings is 1. The minimum Gasteiger partial charge on any atom is -0.484 e. The first-order valence-corrected chi connectivity index (χ1v) is 10.1. The first kappa shape index (κ1) is 21.9. The molecule has 32 heavy (non-hydrogen) atoms. The van der Waals surface area contributed by atoms with Crippen LogP contribution in [0.15, 0.2) is 65.2 Å². The molecule has 0 fully saturated rings. The topological polar surface area (TPSA) is 69.3 Å². The normalized spacial score (nSPS) is 10.9. The van der Waals surface area contributed by atoms with E-state index in [0.717, 1.165) is 6.07 Å². The van der Waals surface area contributed by atoms with Gasteiger partial charge in [-0.2, -0.15) is 5.10 Å². The van der Waals surface area contributed by atoms with Gasteiger partial charge in [-0.1, -0.05) is 29.3 Å². The number of hydrogen-bond donors (Lipinski definition) is 1. The molecule has 0 spiro atoms. The highest BCUT2D eigenvalue weighted by atomic mass is 35.5. The number of nitrogens with one attached hydrogen (secondary N) is 1. The second-order valence-corrected chi connectivity index (χ2v) is 7.50. The van der Waals surface area contributed by atoms with Gasteiger partial charge < -0.3 is 14.5 Å². The molecule has 4 aromatic rings. The van der Waals surface area contributed by atoms with Crippen LogP contribution in [-0.2, 0) is 13.2 Å². The van der Waals surface area contributed by atoms with Gasteiger partial charge in [0.1, 0.15) is 29.8 Å². The number of aromatic nitrogens is 2. The van der Waals surface area contributed by atoms with E-state index in [1.807, 2.05) is 0 Å².